The molecule has 0 fully saturated rings. The first-order valence-corrected chi connectivity index (χ1v) is 11.4. The highest BCUT2D eigenvalue weighted by Crippen LogP contribution is 2.24. The average Bonchev–Trinajstić information content (AvgIpc) is 2.81. The van der Waals surface area contributed by atoms with Gasteiger partial charge in [-0.2, -0.15) is 4.31 Å². The van der Waals surface area contributed by atoms with Crippen LogP contribution in [0.1, 0.15) is 5.56 Å². The van der Waals surface area contributed by atoms with Crippen molar-refractivity contribution in [1.82, 2.24) is 4.31 Å². The van der Waals surface area contributed by atoms with Gasteiger partial charge in [0.1, 0.15) is 5.82 Å². The quantitative estimate of drug-likeness (QED) is 0.441. The monoisotopic (exact) mass is 448 g/mol. The Labute approximate surface area is 186 Å². The molecule has 1 N–H and O–H groups in total. The van der Waals surface area contributed by atoms with Gasteiger partial charge in [-0.3, -0.25) is 4.79 Å². The number of hydrogen-bond acceptors (Lipinski definition) is 3. The minimum atomic E-state index is -3.96. The Morgan fingerprint density at radius 2 is 1.47 bits per heavy atom. The predicted octanol–water partition coefficient (Wildman–Crippen LogP) is 4.81. The van der Waals surface area contributed by atoms with Crippen molar-refractivity contribution in [3.63, 3.8) is 0 Å². The van der Waals surface area contributed by atoms with Gasteiger partial charge in [0.25, 0.3) is 0 Å². The summed E-state index contributed by atoms with van der Waals surface area (Å²) in [5.74, 6) is -0.886. The van der Waals surface area contributed by atoms with E-state index in [1.807, 2.05) is 36.4 Å². The lowest BCUT2D eigenvalue weighted by atomic mass is 10.1. The Kier molecular flexibility index (Phi) is 6.30. The number of nitrogens with one attached hydrogen (secondary N) is 1. The summed E-state index contributed by atoms with van der Waals surface area (Å²) in [6.07, 6.45) is 0. The van der Waals surface area contributed by atoms with E-state index in [9.17, 15) is 17.6 Å². The summed E-state index contributed by atoms with van der Waals surface area (Å²) in [5.41, 5.74) is 1.18. The van der Waals surface area contributed by atoms with E-state index in [0.29, 0.717) is 11.3 Å². The summed E-state index contributed by atoms with van der Waals surface area (Å²) in [6.45, 7) is -0.460. The number of amides is 1. The Balaban J connectivity index is 1.62. The van der Waals surface area contributed by atoms with Gasteiger partial charge in [0.15, 0.2) is 0 Å². The number of halogens is 1. The van der Waals surface area contributed by atoms with Gasteiger partial charge in [0, 0.05) is 17.6 Å². The third-order valence-electron chi connectivity index (χ3n) is 5.04. The molecule has 0 aliphatic heterocycles. The lowest BCUT2D eigenvalue weighted by Crippen LogP contribution is -2.37. The zero-order valence-electron chi connectivity index (χ0n) is 17.1. The van der Waals surface area contributed by atoms with Crippen molar-refractivity contribution < 1.29 is 17.6 Å². The van der Waals surface area contributed by atoms with Crippen molar-refractivity contribution >= 4 is 32.4 Å². The van der Waals surface area contributed by atoms with Crippen LogP contribution in [0.4, 0.5) is 10.1 Å². The van der Waals surface area contributed by atoms with Crippen LogP contribution in [0.3, 0.4) is 0 Å². The minimum Gasteiger partial charge on any atom is -0.324 e. The Hall–Kier alpha value is -3.55. The van der Waals surface area contributed by atoms with Crippen molar-refractivity contribution in [3.8, 4) is 0 Å². The number of carbonyl (C=O) groups is 1. The molecule has 0 saturated carbocycles. The van der Waals surface area contributed by atoms with E-state index in [-0.39, 0.29) is 11.4 Å². The second-order valence-corrected chi connectivity index (χ2v) is 9.23. The lowest BCUT2D eigenvalue weighted by Gasteiger charge is -2.22. The summed E-state index contributed by atoms with van der Waals surface area (Å²) in [6, 6.07) is 26.6. The van der Waals surface area contributed by atoms with Crippen LogP contribution in [0.25, 0.3) is 10.8 Å². The number of sulfonamides is 1. The minimum absolute atomic E-state index is 0.0690. The largest absolute Gasteiger partial charge is 0.324 e. The Morgan fingerprint density at radius 3 is 2.22 bits per heavy atom. The van der Waals surface area contributed by atoms with E-state index in [1.54, 1.807) is 24.3 Å². The standard InChI is InChI=1S/C25H21FN2O3S/c26-21-15-13-19(14-16-21)17-28(32(30,31)22-9-2-1-3-10-22)18-25(29)27-24-12-6-8-20-7-4-5-11-23(20)24/h1-16H,17-18H2,(H,27,29). The van der Waals surface area contributed by atoms with Gasteiger partial charge in [0.2, 0.25) is 15.9 Å². The highest BCUT2D eigenvalue weighted by Gasteiger charge is 2.27. The molecule has 0 saturated heterocycles. The van der Waals surface area contributed by atoms with Crippen LogP contribution in [0.5, 0.6) is 0 Å². The van der Waals surface area contributed by atoms with Crippen LogP contribution in [0, 0.1) is 5.82 Å². The van der Waals surface area contributed by atoms with E-state index in [0.717, 1.165) is 15.1 Å². The van der Waals surface area contributed by atoms with Gasteiger partial charge in [-0.15, -0.1) is 0 Å². The summed E-state index contributed by atoms with van der Waals surface area (Å²) < 4.78 is 41.0. The Morgan fingerprint density at radius 1 is 0.812 bits per heavy atom. The number of benzene rings is 4. The molecule has 162 valence electrons. The second kappa shape index (κ2) is 9.30. The molecule has 5 nitrogen and oxygen atoms in total. The lowest BCUT2D eigenvalue weighted by molar-refractivity contribution is -0.116. The van der Waals surface area contributed by atoms with E-state index in [1.165, 1.54) is 36.4 Å². The molecule has 4 aromatic carbocycles. The predicted molar refractivity (Wildman–Crippen MR) is 123 cm³/mol. The van der Waals surface area contributed by atoms with Crippen LogP contribution < -0.4 is 5.32 Å². The van der Waals surface area contributed by atoms with E-state index < -0.39 is 28.3 Å². The first kappa shape index (κ1) is 21.7. The molecule has 1 amide bonds. The molecule has 4 rings (SSSR count). The molecule has 0 atom stereocenters. The fourth-order valence-corrected chi connectivity index (χ4v) is 4.85. The summed E-state index contributed by atoms with van der Waals surface area (Å²) in [5, 5.41) is 4.65. The molecule has 7 heteroatoms. The highest BCUT2D eigenvalue weighted by molar-refractivity contribution is 7.89. The number of hydrogen-bond donors (Lipinski definition) is 1. The molecule has 0 heterocycles. The van der Waals surface area contributed by atoms with Gasteiger partial charge < -0.3 is 5.32 Å². The molecular weight excluding hydrogens is 427 g/mol. The molecule has 0 aliphatic carbocycles. The molecule has 0 unspecified atom stereocenters. The van der Waals surface area contributed by atoms with E-state index >= 15 is 0 Å². The van der Waals surface area contributed by atoms with Gasteiger partial charge >= 0.3 is 0 Å². The number of rotatable bonds is 7. The van der Waals surface area contributed by atoms with E-state index in [4.69, 9.17) is 0 Å². The van der Waals surface area contributed by atoms with Crippen LogP contribution >= 0.6 is 0 Å². The fraction of sp³-hybridized carbons (Fsp3) is 0.0800. The first-order chi connectivity index (χ1) is 15.4. The average molecular weight is 449 g/mol. The zero-order valence-corrected chi connectivity index (χ0v) is 17.9. The van der Waals surface area contributed by atoms with Gasteiger partial charge in [-0.1, -0.05) is 66.7 Å². The SMILES string of the molecule is O=C(CN(Cc1ccc(F)cc1)S(=O)(=O)c1ccccc1)Nc1cccc2ccccc12. The van der Waals surface area contributed by atoms with Crippen molar-refractivity contribution in [2.45, 2.75) is 11.4 Å². The maximum atomic E-state index is 13.3. The molecule has 0 radical (unpaired) electrons. The van der Waals surface area contributed by atoms with Crippen LogP contribution in [-0.4, -0.2) is 25.2 Å². The second-order valence-electron chi connectivity index (χ2n) is 7.29. The molecule has 4 aromatic rings. The topological polar surface area (TPSA) is 66.5 Å². The molecular formula is C25H21FN2O3S. The third-order valence-corrected chi connectivity index (χ3v) is 6.84. The Bertz CT molecular complexity index is 1340. The summed E-state index contributed by atoms with van der Waals surface area (Å²) in [4.78, 5) is 13.0. The van der Waals surface area contributed by atoms with Crippen molar-refractivity contribution in [2.24, 2.45) is 0 Å². The normalized spacial score (nSPS) is 11.6. The fourth-order valence-electron chi connectivity index (χ4n) is 3.45. The highest BCUT2D eigenvalue weighted by atomic mass is 32.2. The molecule has 0 aliphatic rings. The van der Waals surface area contributed by atoms with Crippen LogP contribution in [0.15, 0.2) is 102 Å². The van der Waals surface area contributed by atoms with Crippen molar-refractivity contribution in [3.05, 3.63) is 108 Å². The van der Waals surface area contributed by atoms with Crippen LogP contribution in [0.2, 0.25) is 0 Å². The first-order valence-electron chi connectivity index (χ1n) is 10.0. The van der Waals surface area contributed by atoms with Crippen molar-refractivity contribution in [2.75, 3.05) is 11.9 Å². The number of anilines is 1. The third kappa shape index (κ3) is 4.85. The molecule has 32 heavy (non-hydrogen) atoms. The van der Waals surface area contributed by atoms with Gasteiger partial charge in [-0.25, -0.2) is 12.8 Å². The van der Waals surface area contributed by atoms with Gasteiger partial charge in [0.05, 0.1) is 11.4 Å². The summed E-state index contributed by atoms with van der Waals surface area (Å²) in [7, 11) is -3.96. The van der Waals surface area contributed by atoms with E-state index in [2.05, 4.69) is 5.32 Å². The maximum Gasteiger partial charge on any atom is 0.243 e. The smallest absolute Gasteiger partial charge is 0.243 e. The molecule has 0 bridgehead atoms. The summed E-state index contributed by atoms with van der Waals surface area (Å²) >= 11 is 0. The zero-order chi connectivity index (χ0) is 22.6. The molecule has 0 aromatic heterocycles. The van der Waals surface area contributed by atoms with Crippen LogP contribution in [-0.2, 0) is 21.4 Å². The number of carbonyl (C=O) groups excluding carboxylic acids is 1. The van der Waals surface area contributed by atoms with Crippen molar-refractivity contribution in [1.29, 1.82) is 0 Å². The number of fused-ring (bicyclic) bond motifs is 1. The number of nitrogens with zero attached hydrogens (tertiary/aromatic N) is 1. The molecule has 0 spiro atoms. The van der Waals surface area contributed by atoms with Gasteiger partial charge in [-0.05, 0) is 41.3 Å². The maximum absolute atomic E-state index is 13.3.